The number of nitrogens with zero attached hydrogens (tertiary/aromatic N) is 2. The van der Waals surface area contributed by atoms with Crippen LogP contribution in [0.15, 0.2) is 88.7 Å². The second-order valence-corrected chi connectivity index (χ2v) is 14.4. The van der Waals surface area contributed by atoms with Crippen LogP contribution in [0.3, 0.4) is 0 Å². The first-order chi connectivity index (χ1) is 20.3. The van der Waals surface area contributed by atoms with E-state index < -0.39 is 55.0 Å². The SMILES string of the molecule is CS(=O)(=O)c1c(-c2ccccc2)ccc(N2CCCC(N(CC(=O)O)S(=O)(=O)c3ccc4cc(Cl)ccc4c3)C2=O)c1F. The number of amides is 1. The minimum atomic E-state index is -4.54. The van der Waals surface area contributed by atoms with Gasteiger partial charge in [-0.2, -0.15) is 4.31 Å². The van der Waals surface area contributed by atoms with Crippen molar-refractivity contribution in [3.05, 3.63) is 89.7 Å². The molecule has 1 fully saturated rings. The van der Waals surface area contributed by atoms with Gasteiger partial charge in [0.15, 0.2) is 15.7 Å². The third-order valence-corrected chi connectivity index (χ3v) is 10.5. The molecule has 0 radical (unpaired) electrons. The maximum Gasteiger partial charge on any atom is 0.318 e. The largest absolute Gasteiger partial charge is 0.480 e. The van der Waals surface area contributed by atoms with Gasteiger partial charge in [-0.3, -0.25) is 9.59 Å². The van der Waals surface area contributed by atoms with Crippen molar-refractivity contribution in [3.63, 3.8) is 0 Å². The summed E-state index contributed by atoms with van der Waals surface area (Å²) in [5.74, 6) is -3.51. The zero-order valence-corrected chi connectivity index (χ0v) is 25.2. The number of hydrogen-bond acceptors (Lipinski definition) is 6. The molecule has 224 valence electrons. The van der Waals surface area contributed by atoms with Gasteiger partial charge in [-0.1, -0.05) is 60.1 Å². The number of halogens is 2. The lowest BCUT2D eigenvalue weighted by atomic mass is 10.0. The van der Waals surface area contributed by atoms with E-state index in [0.717, 1.165) is 11.2 Å². The van der Waals surface area contributed by atoms with Gasteiger partial charge in [0, 0.05) is 23.4 Å². The van der Waals surface area contributed by atoms with Gasteiger partial charge in [-0.25, -0.2) is 21.2 Å². The first kappa shape index (κ1) is 30.6. The number of benzene rings is 4. The summed E-state index contributed by atoms with van der Waals surface area (Å²) in [6, 6.07) is 18.6. The Balaban J connectivity index is 1.57. The number of rotatable bonds is 8. The molecular weight excluding hydrogens is 619 g/mol. The van der Waals surface area contributed by atoms with Crippen LogP contribution in [-0.4, -0.2) is 63.5 Å². The fraction of sp³-hybridized carbons (Fsp3) is 0.200. The Morgan fingerprint density at radius 2 is 1.67 bits per heavy atom. The van der Waals surface area contributed by atoms with Gasteiger partial charge >= 0.3 is 5.97 Å². The Labute approximate surface area is 253 Å². The quantitative estimate of drug-likeness (QED) is 0.287. The van der Waals surface area contributed by atoms with Crippen LogP contribution in [0.25, 0.3) is 21.9 Å². The van der Waals surface area contributed by atoms with Crippen molar-refractivity contribution in [3.8, 4) is 11.1 Å². The van der Waals surface area contributed by atoms with Gasteiger partial charge in [0.05, 0.1) is 10.6 Å². The highest BCUT2D eigenvalue weighted by atomic mass is 35.5. The molecule has 0 spiro atoms. The number of carboxylic acids is 1. The average Bonchev–Trinajstić information content (AvgIpc) is 2.95. The summed E-state index contributed by atoms with van der Waals surface area (Å²) in [4.78, 5) is 25.8. The van der Waals surface area contributed by atoms with E-state index in [4.69, 9.17) is 11.6 Å². The molecule has 1 N–H and O–H groups in total. The summed E-state index contributed by atoms with van der Waals surface area (Å²) in [5.41, 5.74) is 0.218. The van der Waals surface area contributed by atoms with Gasteiger partial charge in [0.2, 0.25) is 15.9 Å². The second kappa shape index (κ2) is 11.7. The van der Waals surface area contributed by atoms with E-state index in [-0.39, 0.29) is 35.5 Å². The molecule has 1 unspecified atom stereocenters. The summed E-state index contributed by atoms with van der Waals surface area (Å²) in [6.45, 7) is -1.05. The zero-order chi connectivity index (χ0) is 31.1. The predicted octanol–water partition coefficient (Wildman–Crippen LogP) is 4.97. The highest BCUT2D eigenvalue weighted by molar-refractivity contribution is 7.91. The van der Waals surface area contributed by atoms with E-state index in [9.17, 15) is 31.5 Å². The fourth-order valence-corrected chi connectivity index (χ4v) is 8.10. The predicted molar refractivity (Wildman–Crippen MR) is 161 cm³/mol. The monoisotopic (exact) mass is 644 g/mol. The summed E-state index contributed by atoms with van der Waals surface area (Å²) in [6.07, 6.45) is 1.04. The maximum absolute atomic E-state index is 16.1. The molecule has 1 heterocycles. The van der Waals surface area contributed by atoms with Gasteiger partial charge in [-0.15, -0.1) is 0 Å². The molecule has 4 aromatic carbocycles. The fourth-order valence-electron chi connectivity index (χ4n) is 5.31. The molecule has 13 heteroatoms. The lowest BCUT2D eigenvalue weighted by Crippen LogP contribution is -2.55. The van der Waals surface area contributed by atoms with Crippen LogP contribution in [0.2, 0.25) is 5.02 Å². The molecule has 9 nitrogen and oxygen atoms in total. The van der Waals surface area contributed by atoms with E-state index in [2.05, 4.69) is 0 Å². The topological polar surface area (TPSA) is 129 Å². The van der Waals surface area contributed by atoms with Crippen LogP contribution in [0.1, 0.15) is 12.8 Å². The van der Waals surface area contributed by atoms with E-state index >= 15 is 4.39 Å². The third-order valence-electron chi connectivity index (χ3n) is 7.25. The number of piperidine rings is 1. The molecule has 1 atom stereocenters. The smallest absolute Gasteiger partial charge is 0.318 e. The summed E-state index contributed by atoms with van der Waals surface area (Å²) < 4.78 is 69.9. The number of sulfonamides is 1. The molecule has 0 aromatic heterocycles. The Hall–Kier alpha value is -3.84. The maximum atomic E-state index is 16.1. The number of carboxylic acid groups (broad SMARTS) is 1. The van der Waals surface area contributed by atoms with Gasteiger partial charge in [-0.05, 0) is 59.5 Å². The van der Waals surface area contributed by atoms with E-state index in [1.54, 1.807) is 48.5 Å². The van der Waals surface area contributed by atoms with Crippen LogP contribution in [0, 0.1) is 5.82 Å². The van der Waals surface area contributed by atoms with Gasteiger partial charge in [0.1, 0.15) is 17.5 Å². The molecule has 43 heavy (non-hydrogen) atoms. The second-order valence-electron chi connectivity index (χ2n) is 10.2. The van der Waals surface area contributed by atoms with Gasteiger partial charge < -0.3 is 10.0 Å². The molecular formula is C30H26ClFN2O7S2. The Bertz CT molecular complexity index is 1970. The molecule has 5 rings (SSSR count). The van der Waals surface area contributed by atoms with E-state index in [0.29, 0.717) is 25.7 Å². The number of fused-ring (bicyclic) bond motifs is 1. The van der Waals surface area contributed by atoms with Crippen LogP contribution >= 0.6 is 11.6 Å². The Kier molecular flexibility index (Phi) is 8.32. The molecule has 0 aliphatic carbocycles. The van der Waals surface area contributed by atoms with Crippen LogP contribution < -0.4 is 4.90 Å². The molecule has 1 amide bonds. The van der Waals surface area contributed by atoms with Crippen molar-refractivity contribution in [1.82, 2.24) is 4.31 Å². The lowest BCUT2D eigenvalue weighted by molar-refractivity contribution is -0.138. The Morgan fingerprint density at radius 1 is 1.00 bits per heavy atom. The molecule has 1 aliphatic heterocycles. The lowest BCUT2D eigenvalue weighted by Gasteiger charge is -2.37. The van der Waals surface area contributed by atoms with Crippen LogP contribution in [0.4, 0.5) is 10.1 Å². The summed E-state index contributed by atoms with van der Waals surface area (Å²) in [7, 11) is -8.66. The van der Waals surface area contributed by atoms with Crippen molar-refractivity contribution in [2.45, 2.75) is 28.7 Å². The molecule has 4 aromatic rings. The summed E-state index contributed by atoms with van der Waals surface area (Å²) in [5, 5.41) is 11.3. The Morgan fingerprint density at radius 3 is 2.35 bits per heavy atom. The molecule has 1 saturated heterocycles. The van der Waals surface area contributed by atoms with Crippen molar-refractivity contribution in [2.24, 2.45) is 0 Å². The van der Waals surface area contributed by atoms with Crippen LogP contribution in [0.5, 0.6) is 0 Å². The number of sulfone groups is 1. The van der Waals surface area contributed by atoms with Gasteiger partial charge in [0.25, 0.3) is 0 Å². The number of carbonyl (C=O) groups is 2. The zero-order valence-electron chi connectivity index (χ0n) is 22.8. The van der Waals surface area contributed by atoms with E-state index in [1.165, 1.54) is 30.3 Å². The molecule has 1 aliphatic rings. The first-order valence-corrected chi connectivity index (χ1v) is 16.8. The van der Waals surface area contributed by atoms with Crippen molar-refractivity contribution in [2.75, 3.05) is 24.2 Å². The minimum absolute atomic E-state index is 0.0202. The van der Waals surface area contributed by atoms with Crippen LogP contribution in [-0.2, 0) is 29.4 Å². The first-order valence-electron chi connectivity index (χ1n) is 13.1. The highest BCUT2D eigenvalue weighted by Gasteiger charge is 2.42. The van der Waals surface area contributed by atoms with Crippen molar-refractivity contribution in [1.29, 1.82) is 0 Å². The number of hydrogen-bond donors (Lipinski definition) is 1. The average molecular weight is 645 g/mol. The number of carbonyl (C=O) groups excluding carboxylic acids is 1. The minimum Gasteiger partial charge on any atom is -0.480 e. The summed E-state index contributed by atoms with van der Waals surface area (Å²) >= 11 is 6.03. The molecule has 0 bridgehead atoms. The van der Waals surface area contributed by atoms with E-state index in [1.807, 2.05) is 0 Å². The number of aliphatic carboxylic acids is 1. The normalized spacial score (nSPS) is 16.1. The van der Waals surface area contributed by atoms with Crippen molar-refractivity contribution < 1.29 is 35.9 Å². The number of anilines is 1. The van der Waals surface area contributed by atoms with Crippen molar-refractivity contribution >= 4 is 59.8 Å². The molecule has 0 saturated carbocycles. The standard InChI is InChI=1S/C30H26ClFN2O7S2/c1-42(38,39)29-24(19-6-3-2-4-7-19)13-14-25(28(29)32)33-15-5-8-26(30(33)37)34(18-27(35)36)43(40,41)23-12-10-20-16-22(31)11-9-21(20)17-23/h2-4,6-7,9-14,16-17,26H,5,8,15,18H2,1H3,(H,35,36). The highest BCUT2D eigenvalue weighted by Crippen LogP contribution is 2.37. The third kappa shape index (κ3) is 6.00.